The maximum absolute atomic E-state index is 10.7. The van der Waals surface area contributed by atoms with Gasteiger partial charge >= 0.3 is 0 Å². The Morgan fingerprint density at radius 3 is 2.64 bits per heavy atom. The van der Waals surface area contributed by atoms with Gasteiger partial charge in [0.15, 0.2) is 0 Å². The van der Waals surface area contributed by atoms with Crippen molar-refractivity contribution < 1.29 is 9.90 Å². The lowest BCUT2D eigenvalue weighted by Gasteiger charge is -1.99. The number of pyridine rings is 1. The summed E-state index contributed by atoms with van der Waals surface area (Å²) in [6, 6.07) is 13.3. The quantitative estimate of drug-likeness (QED) is 0.686. The second-order valence-corrected chi connectivity index (χ2v) is 4.61. The van der Waals surface area contributed by atoms with Gasteiger partial charge in [-0.3, -0.25) is 4.98 Å². The van der Waals surface area contributed by atoms with Gasteiger partial charge in [0.05, 0.1) is 11.7 Å². The van der Waals surface area contributed by atoms with E-state index in [1.807, 2.05) is 42.5 Å². The fourth-order valence-corrected chi connectivity index (χ4v) is 2.11. The summed E-state index contributed by atoms with van der Waals surface area (Å²) in [5.41, 5.74) is 3.05. The number of hydrogen-bond donors (Lipinski definition) is 0. The Kier molecular flexibility index (Phi) is 3.78. The normalized spacial score (nSPS) is 10.9. The van der Waals surface area contributed by atoms with Crippen LogP contribution in [0.25, 0.3) is 23.0 Å². The fraction of sp³-hybridized carbons (Fsp3) is 0. The number of para-hydroxylation sites is 1. The first-order chi connectivity index (χ1) is 10.7. The molecule has 3 rings (SSSR count). The van der Waals surface area contributed by atoms with Crippen LogP contribution in [0.1, 0.15) is 5.56 Å². The zero-order valence-corrected chi connectivity index (χ0v) is 11.6. The summed E-state index contributed by atoms with van der Waals surface area (Å²) >= 11 is 0. The predicted octanol–water partition coefficient (Wildman–Crippen LogP) is 1.70. The van der Waals surface area contributed by atoms with Crippen LogP contribution in [-0.4, -0.2) is 20.7 Å². The number of aromatic nitrogens is 3. The molecule has 0 saturated heterocycles. The third kappa shape index (κ3) is 2.93. The number of hydrogen-bond acceptors (Lipinski definition) is 4. The molecule has 2 heterocycles. The molecule has 0 unspecified atom stereocenters. The Morgan fingerprint density at radius 2 is 1.95 bits per heavy atom. The van der Waals surface area contributed by atoms with E-state index < -0.39 is 5.97 Å². The summed E-state index contributed by atoms with van der Waals surface area (Å²) < 4.78 is 1.71. The van der Waals surface area contributed by atoms with E-state index in [4.69, 9.17) is 0 Å². The van der Waals surface area contributed by atoms with E-state index in [0.29, 0.717) is 11.3 Å². The Bertz CT molecular complexity index is 808. The summed E-state index contributed by atoms with van der Waals surface area (Å²) in [7, 11) is 0. The van der Waals surface area contributed by atoms with E-state index in [0.717, 1.165) is 17.3 Å². The fourth-order valence-electron chi connectivity index (χ4n) is 2.11. The molecule has 1 aromatic carbocycles. The maximum atomic E-state index is 10.7. The van der Waals surface area contributed by atoms with Gasteiger partial charge in [-0.2, -0.15) is 5.10 Å². The molecule has 0 saturated carbocycles. The molecule has 22 heavy (non-hydrogen) atoms. The summed E-state index contributed by atoms with van der Waals surface area (Å²) in [5, 5.41) is 15.2. The Morgan fingerprint density at radius 1 is 1.14 bits per heavy atom. The Balaban J connectivity index is 2.11. The van der Waals surface area contributed by atoms with Gasteiger partial charge < -0.3 is 9.90 Å². The topological polar surface area (TPSA) is 70.8 Å². The largest absolute Gasteiger partial charge is 0.545 e. The van der Waals surface area contributed by atoms with Crippen LogP contribution in [0.3, 0.4) is 0 Å². The van der Waals surface area contributed by atoms with Crippen LogP contribution >= 0.6 is 0 Å². The molecule has 0 N–H and O–H groups in total. The lowest BCUT2D eigenvalue weighted by Crippen LogP contribution is -2.18. The van der Waals surface area contributed by atoms with Gasteiger partial charge in [0, 0.05) is 29.7 Å². The number of aliphatic carboxylic acids is 1. The Labute approximate surface area is 127 Å². The van der Waals surface area contributed by atoms with Crippen molar-refractivity contribution in [3.8, 4) is 16.9 Å². The first-order valence-electron chi connectivity index (χ1n) is 6.68. The molecule has 0 aliphatic heterocycles. The highest BCUT2D eigenvalue weighted by molar-refractivity contribution is 5.85. The van der Waals surface area contributed by atoms with Gasteiger partial charge in [-0.1, -0.05) is 18.2 Å². The minimum absolute atomic E-state index is 0.662. The van der Waals surface area contributed by atoms with E-state index in [1.54, 1.807) is 23.3 Å². The Hall–Kier alpha value is -3.21. The molecule has 0 radical (unpaired) electrons. The van der Waals surface area contributed by atoms with Crippen LogP contribution in [0.5, 0.6) is 0 Å². The van der Waals surface area contributed by atoms with Crippen molar-refractivity contribution in [3.05, 3.63) is 72.7 Å². The van der Waals surface area contributed by atoms with Gasteiger partial charge in [-0.05, 0) is 36.4 Å². The molecule has 0 aliphatic carbocycles. The van der Waals surface area contributed by atoms with E-state index in [1.165, 1.54) is 6.08 Å². The molecule has 0 atom stereocenters. The van der Waals surface area contributed by atoms with E-state index in [2.05, 4.69) is 10.1 Å². The minimum atomic E-state index is -1.25. The molecule has 5 heteroatoms. The highest BCUT2D eigenvalue weighted by atomic mass is 16.4. The number of benzene rings is 1. The summed E-state index contributed by atoms with van der Waals surface area (Å²) in [6.45, 7) is 0. The molecule has 0 bridgehead atoms. The predicted molar refractivity (Wildman–Crippen MR) is 80.8 cm³/mol. The molecule has 3 aromatic rings. The molecule has 5 nitrogen and oxygen atoms in total. The molecule has 0 amide bonds. The molecule has 108 valence electrons. The lowest BCUT2D eigenvalue weighted by atomic mass is 10.1. The SMILES string of the molecule is O=C([O-])/C=C/c1cn(-c2ccccc2)nc1-c1cccnc1. The number of carboxylic acids is 1. The van der Waals surface area contributed by atoms with E-state index in [-0.39, 0.29) is 0 Å². The van der Waals surface area contributed by atoms with Gasteiger partial charge in [0.25, 0.3) is 0 Å². The number of carbonyl (C=O) groups excluding carboxylic acids is 1. The van der Waals surface area contributed by atoms with Crippen LogP contribution < -0.4 is 5.11 Å². The average Bonchev–Trinajstić information content (AvgIpc) is 2.99. The van der Waals surface area contributed by atoms with Crippen molar-refractivity contribution in [1.82, 2.24) is 14.8 Å². The highest BCUT2D eigenvalue weighted by Gasteiger charge is 2.10. The molecule has 2 aromatic heterocycles. The van der Waals surface area contributed by atoms with Gasteiger partial charge in [0.1, 0.15) is 5.69 Å². The monoisotopic (exact) mass is 290 g/mol. The van der Waals surface area contributed by atoms with Crippen LogP contribution in [0.2, 0.25) is 0 Å². The van der Waals surface area contributed by atoms with Crippen molar-refractivity contribution in [2.75, 3.05) is 0 Å². The number of carboxylic acid groups (broad SMARTS) is 1. The third-order valence-electron chi connectivity index (χ3n) is 3.10. The molecule has 0 fully saturated rings. The molecule has 0 aliphatic rings. The zero-order valence-electron chi connectivity index (χ0n) is 11.6. The van der Waals surface area contributed by atoms with Crippen molar-refractivity contribution in [2.24, 2.45) is 0 Å². The molecule has 0 spiro atoms. The number of rotatable bonds is 4. The first kappa shape index (κ1) is 13.8. The van der Waals surface area contributed by atoms with Gasteiger partial charge in [-0.15, -0.1) is 0 Å². The molecular formula is C17H12N3O2-. The minimum Gasteiger partial charge on any atom is -0.545 e. The van der Waals surface area contributed by atoms with Crippen LogP contribution in [-0.2, 0) is 4.79 Å². The average molecular weight is 290 g/mol. The van der Waals surface area contributed by atoms with Gasteiger partial charge in [0.2, 0.25) is 0 Å². The first-order valence-corrected chi connectivity index (χ1v) is 6.68. The standard InChI is InChI=1S/C17H13N3O2/c21-16(22)9-8-14-12-20(15-6-2-1-3-7-15)19-17(14)13-5-4-10-18-11-13/h1-12H,(H,21,22)/p-1/b9-8+. The summed E-state index contributed by atoms with van der Waals surface area (Å²) in [5.74, 6) is -1.25. The maximum Gasteiger partial charge on any atom is 0.101 e. The second kappa shape index (κ2) is 6.05. The second-order valence-electron chi connectivity index (χ2n) is 4.61. The van der Waals surface area contributed by atoms with E-state index in [9.17, 15) is 9.90 Å². The van der Waals surface area contributed by atoms with Crippen molar-refractivity contribution >= 4 is 12.0 Å². The van der Waals surface area contributed by atoms with Crippen molar-refractivity contribution in [3.63, 3.8) is 0 Å². The zero-order chi connectivity index (χ0) is 15.4. The summed E-state index contributed by atoms with van der Waals surface area (Å²) in [4.78, 5) is 14.7. The van der Waals surface area contributed by atoms with Crippen LogP contribution in [0.4, 0.5) is 0 Å². The van der Waals surface area contributed by atoms with Crippen LogP contribution in [0, 0.1) is 0 Å². The molecular weight excluding hydrogens is 278 g/mol. The van der Waals surface area contributed by atoms with Crippen molar-refractivity contribution in [2.45, 2.75) is 0 Å². The van der Waals surface area contributed by atoms with E-state index >= 15 is 0 Å². The van der Waals surface area contributed by atoms with Gasteiger partial charge in [-0.25, -0.2) is 4.68 Å². The summed E-state index contributed by atoms with van der Waals surface area (Å²) in [6.07, 6.45) is 7.61. The number of carbonyl (C=O) groups is 1. The number of nitrogens with zero attached hydrogens (tertiary/aromatic N) is 3. The van der Waals surface area contributed by atoms with Crippen LogP contribution in [0.15, 0.2) is 67.1 Å². The highest BCUT2D eigenvalue weighted by Crippen LogP contribution is 2.24. The smallest absolute Gasteiger partial charge is 0.101 e. The third-order valence-corrected chi connectivity index (χ3v) is 3.10. The lowest BCUT2D eigenvalue weighted by molar-refractivity contribution is -0.297. The van der Waals surface area contributed by atoms with Crippen molar-refractivity contribution in [1.29, 1.82) is 0 Å².